The quantitative estimate of drug-likeness (QED) is 0.285. The fraction of sp³-hybridized carbons (Fsp3) is 0.682. The highest BCUT2D eigenvalue weighted by molar-refractivity contribution is 5.82. The summed E-state index contributed by atoms with van der Waals surface area (Å²) in [6.07, 6.45) is 4.00. The van der Waals surface area contributed by atoms with Crippen LogP contribution in [0.4, 0.5) is 0 Å². The van der Waals surface area contributed by atoms with E-state index >= 15 is 0 Å². The molecule has 0 aromatic heterocycles. The molecule has 7 atom stereocenters. The van der Waals surface area contributed by atoms with Gasteiger partial charge in [-0.15, -0.1) is 0 Å². The van der Waals surface area contributed by atoms with Gasteiger partial charge in [-0.25, -0.2) is 4.79 Å². The van der Waals surface area contributed by atoms with Crippen molar-refractivity contribution in [3.05, 3.63) is 36.0 Å². The van der Waals surface area contributed by atoms with Gasteiger partial charge in [-0.2, -0.15) is 0 Å². The number of hydrogen-bond donors (Lipinski definition) is 2. The van der Waals surface area contributed by atoms with Gasteiger partial charge in [0, 0.05) is 19.1 Å². The Bertz CT molecular complexity index is 633. The van der Waals surface area contributed by atoms with Crippen molar-refractivity contribution in [2.45, 2.75) is 83.1 Å². The van der Waals surface area contributed by atoms with Gasteiger partial charge in [-0.05, 0) is 53.0 Å². The Hall–Kier alpha value is -1.47. The van der Waals surface area contributed by atoms with Crippen molar-refractivity contribution >= 4 is 5.97 Å². The summed E-state index contributed by atoms with van der Waals surface area (Å²) in [4.78, 5) is 12.2. The first-order valence-corrected chi connectivity index (χ1v) is 9.86. The van der Waals surface area contributed by atoms with E-state index in [4.69, 9.17) is 14.2 Å². The molecule has 1 aliphatic heterocycles. The summed E-state index contributed by atoms with van der Waals surface area (Å²) in [5.41, 5.74) is 1.93. The zero-order valence-corrected chi connectivity index (χ0v) is 17.6. The molecule has 0 spiro atoms. The summed E-state index contributed by atoms with van der Waals surface area (Å²) < 4.78 is 17.4. The molecule has 1 aliphatic carbocycles. The number of aliphatic hydroxyl groups is 2. The number of allylic oxidation sites excluding steroid dienone is 1. The lowest BCUT2D eigenvalue weighted by Crippen LogP contribution is -2.48. The number of carbonyl (C=O) groups excluding carboxylic acids is 1. The zero-order chi connectivity index (χ0) is 21.1. The van der Waals surface area contributed by atoms with Crippen LogP contribution in [0, 0.1) is 5.92 Å². The molecule has 0 aromatic carbocycles. The third kappa shape index (κ3) is 5.32. The lowest BCUT2D eigenvalue weighted by Gasteiger charge is -2.40. The second kappa shape index (κ2) is 9.35. The number of epoxide rings is 1. The van der Waals surface area contributed by atoms with E-state index < -0.39 is 24.3 Å². The minimum absolute atomic E-state index is 0.0633. The number of rotatable bonds is 8. The number of aliphatic hydroxyl groups excluding tert-OH is 2. The van der Waals surface area contributed by atoms with Crippen molar-refractivity contribution in [3.63, 3.8) is 0 Å². The molecule has 28 heavy (non-hydrogen) atoms. The standard InChI is InChI=1S/C22H34O6/c1-13(2)7-11-18-22(5,28-18)20-14(3)8-10-17(21(20)26-6)27-19(25)12-9-16(24)15(4)23/h7,9,12,15-18,20-21,23-24H,3,8,10-11H2,1-2,4-6H3/b12-9+/t15-,16+,17-,18-,20+,21-,22-/m0/s1. The molecule has 0 bridgehead atoms. The molecular weight excluding hydrogens is 360 g/mol. The van der Waals surface area contributed by atoms with Crippen molar-refractivity contribution in [3.8, 4) is 0 Å². The molecule has 0 amide bonds. The summed E-state index contributed by atoms with van der Waals surface area (Å²) in [6.45, 7) is 11.9. The zero-order valence-electron chi connectivity index (χ0n) is 17.6. The van der Waals surface area contributed by atoms with Crippen LogP contribution < -0.4 is 0 Å². The van der Waals surface area contributed by atoms with Gasteiger partial charge >= 0.3 is 5.97 Å². The Kier molecular flexibility index (Phi) is 7.62. The molecule has 0 aromatic rings. The molecule has 6 nitrogen and oxygen atoms in total. The first-order valence-electron chi connectivity index (χ1n) is 9.86. The van der Waals surface area contributed by atoms with Gasteiger partial charge in [0.05, 0.1) is 18.3 Å². The van der Waals surface area contributed by atoms with Gasteiger partial charge in [-0.3, -0.25) is 0 Å². The lowest BCUT2D eigenvalue weighted by molar-refractivity contribution is -0.156. The van der Waals surface area contributed by atoms with Gasteiger partial charge in [0.25, 0.3) is 0 Å². The van der Waals surface area contributed by atoms with Crippen LogP contribution in [0.5, 0.6) is 0 Å². The van der Waals surface area contributed by atoms with Gasteiger partial charge in [0.2, 0.25) is 0 Å². The van der Waals surface area contributed by atoms with Crippen LogP contribution in [0.3, 0.4) is 0 Å². The highest BCUT2D eigenvalue weighted by Crippen LogP contribution is 2.52. The van der Waals surface area contributed by atoms with Gasteiger partial charge in [-0.1, -0.05) is 23.8 Å². The molecule has 2 rings (SSSR count). The van der Waals surface area contributed by atoms with Gasteiger partial charge < -0.3 is 24.4 Å². The Balaban J connectivity index is 2.07. The molecule has 6 heteroatoms. The van der Waals surface area contributed by atoms with E-state index in [-0.39, 0.29) is 23.7 Å². The van der Waals surface area contributed by atoms with E-state index in [0.29, 0.717) is 6.42 Å². The predicted octanol–water partition coefficient (Wildman–Crippen LogP) is 2.69. The molecular formula is C22H34O6. The molecule has 158 valence electrons. The van der Waals surface area contributed by atoms with E-state index in [9.17, 15) is 15.0 Å². The summed E-state index contributed by atoms with van der Waals surface area (Å²) in [5, 5.41) is 18.9. The van der Waals surface area contributed by atoms with Crippen LogP contribution >= 0.6 is 0 Å². The molecule has 1 saturated carbocycles. The van der Waals surface area contributed by atoms with Crippen molar-refractivity contribution in [1.82, 2.24) is 0 Å². The van der Waals surface area contributed by atoms with Crippen molar-refractivity contribution < 1.29 is 29.2 Å². The minimum atomic E-state index is -1.11. The maximum atomic E-state index is 12.2. The van der Waals surface area contributed by atoms with Crippen LogP contribution in [0.25, 0.3) is 0 Å². The molecule has 2 fully saturated rings. The van der Waals surface area contributed by atoms with Crippen LogP contribution in [-0.4, -0.2) is 59.4 Å². The van der Waals surface area contributed by atoms with Crippen LogP contribution in [0.1, 0.15) is 47.0 Å². The van der Waals surface area contributed by atoms with Crippen LogP contribution in [0.15, 0.2) is 36.0 Å². The fourth-order valence-corrected chi connectivity index (χ4v) is 3.94. The van der Waals surface area contributed by atoms with Crippen molar-refractivity contribution in [2.24, 2.45) is 5.92 Å². The van der Waals surface area contributed by atoms with Crippen molar-refractivity contribution in [1.29, 1.82) is 0 Å². The summed E-state index contributed by atoms with van der Waals surface area (Å²) >= 11 is 0. The topological polar surface area (TPSA) is 88.5 Å². The second-order valence-electron chi connectivity index (χ2n) is 8.25. The smallest absolute Gasteiger partial charge is 0.330 e. The number of hydrogen-bond acceptors (Lipinski definition) is 6. The lowest BCUT2D eigenvalue weighted by atomic mass is 9.72. The van der Waals surface area contributed by atoms with Crippen LogP contribution in [0.2, 0.25) is 0 Å². The summed E-state index contributed by atoms with van der Waals surface area (Å²) in [5.74, 6) is -0.632. The van der Waals surface area contributed by atoms with E-state index in [1.807, 2.05) is 0 Å². The average molecular weight is 395 g/mol. The fourth-order valence-electron chi connectivity index (χ4n) is 3.94. The molecule has 0 radical (unpaired) electrons. The second-order valence-corrected chi connectivity index (χ2v) is 8.25. The molecule has 0 unspecified atom stereocenters. The summed E-state index contributed by atoms with van der Waals surface area (Å²) in [6, 6.07) is 0. The van der Waals surface area contributed by atoms with E-state index in [1.54, 1.807) is 7.11 Å². The average Bonchev–Trinajstić information content (AvgIpc) is 3.29. The van der Waals surface area contributed by atoms with Crippen molar-refractivity contribution in [2.75, 3.05) is 7.11 Å². The molecule has 1 heterocycles. The minimum Gasteiger partial charge on any atom is -0.456 e. The molecule has 2 aliphatic rings. The van der Waals surface area contributed by atoms with E-state index in [0.717, 1.165) is 24.5 Å². The van der Waals surface area contributed by atoms with E-state index in [1.165, 1.54) is 18.6 Å². The summed E-state index contributed by atoms with van der Waals surface area (Å²) in [7, 11) is 1.61. The maximum absolute atomic E-state index is 12.2. The third-order valence-corrected chi connectivity index (χ3v) is 5.68. The maximum Gasteiger partial charge on any atom is 0.330 e. The largest absolute Gasteiger partial charge is 0.456 e. The molecule has 1 saturated heterocycles. The van der Waals surface area contributed by atoms with Gasteiger partial charge in [0.1, 0.15) is 17.8 Å². The van der Waals surface area contributed by atoms with Gasteiger partial charge in [0.15, 0.2) is 0 Å². The highest BCUT2D eigenvalue weighted by atomic mass is 16.6. The Morgan fingerprint density at radius 3 is 2.68 bits per heavy atom. The number of ether oxygens (including phenoxy) is 3. The monoisotopic (exact) mass is 394 g/mol. The number of esters is 1. The van der Waals surface area contributed by atoms with E-state index in [2.05, 4.69) is 33.4 Å². The van der Waals surface area contributed by atoms with Crippen LogP contribution in [-0.2, 0) is 19.0 Å². The Morgan fingerprint density at radius 1 is 1.43 bits per heavy atom. The third-order valence-electron chi connectivity index (χ3n) is 5.68. The molecule has 2 N–H and O–H groups in total. The predicted molar refractivity (Wildman–Crippen MR) is 107 cm³/mol. The first-order chi connectivity index (χ1) is 13.1. The highest BCUT2D eigenvalue weighted by Gasteiger charge is 2.61. The number of methoxy groups -OCH3 is 1. The Morgan fingerprint density at radius 2 is 2.11 bits per heavy atom. The number of carbonyl (C=O) groups is 1. The normalized spacial score (nSPS) is 34.8. The Labute approximate surface area is 167 Å². The SMILES string of the molecule is C=C1CC[C@H](OC(=O)/C=C/[C@@H](O)[C@H](C)O)[C@H](OC)[C@@H]1[C@@]1(C)O[C@H]1CC=C(C)C. The first kappa shape index (κ1) is 22.8.